The van der Waals surface area contributed by atoms with Gasteiger partial charge in [0.15, 0.2) is 15.6 Å². The fourth-order valence-corrected chi connectivity index (χ4v) is 3.51. The maximum atomic E-state index is 11.9. The van der Waals surface area contributed by atoms with Crippen LogP contribution in [0.15, 0.2) is 64.0 Å². The first-order chi connectivity index (χ1) is 12.8. The molecule has 0 aliphatic heterocycles. The van der Waals surface area contributed by atoms with Crippen LogP contribution in [0.3, 0.4) is 0 Å². The Bertz CT molecular complexity index is 1080. The molecule has 0 bridgehead atoms. The second-order valence-corrected chi connectivity index (χ2v) is 7.96. The standard InChI is InChI=1S/C18H17N3O5S/c1-12(18-19-11-15(26-18)13-7-4-3-5-8-13)20-14-9-6-10-16(27(2,24)25)17(14)21(22)23/h3-12,20H,1-2H3. The Morgan fingerprint density at radius 1 is 1.15 bits per heavy atom. The lowest BCUT2D eigenvalue weighted by Crippen LogP contribution is -2.11. The summed E-state index contributed by atoms with van der Waals surface area (Å²) in [6.07, 6.45) is 2.51. The summed E-state index contributed by atoms with van der Waals surface area (Å²) in [4.78, 5) is 14.6. The van der Waals surface area contributed by atoms with Gasteiger partial charge in [-0.15, -0.1) is 0 Å². The van der Waals surface area contributed by atoms with E-state index in [0.717, 1.165) is 11.8 Å². The van der Waals surface area contributed by atoms with E-state index in [1.54, 1.807) is 13.1 Å². The van der Waals surface area contributed by atoms with Crippen molar-refractivity contribution in [2.75, 3.05) is 11.6 Å². The topological polar surface area (TPSA) is 115 Å². The number of rotatable bonds is 6. The summed E-state index contributed by atoms with van der Waals surface area (Å²) in [5, 5.41) is 14.4. The highest BCUT2D eigenvalue weighted by atomic mass is 32.2. The van der Waals surface area contributed by atoms with Crippen LogP contribution in [-0.4, -0.2) is 24.6 Å². The van der Waals surface area contributed by atoms with Crippen molar-refractivity contribution in [3.63, 3.8) is 0 Å². The first kappa shape index (κ1) is 18.6. The van der Waals surface area contributed by atoms with Gasteiger partial charge in [-0.2, -0.15) is 0 Å². The zero-order valence-electron chi connectivity index (χ0n) is 14.6. The fraction of sp³-hybridized carbons (Fsp3) is 0.167. The highest BCUT2D eigenvalue weighted by Gasteiger charge is 2.27. The molecule has 0 fully saturated rings. The summed E-state index contributed by atoms with van der Waals surface area (Å²) in [7, 11) is -3.75. The first-order valence-corrected chi connectivity index (χ1v) is 9.91. The summed E-state index contributed by atoms with van der Waals surface area (Å²) in [6.45, 7) is 1.72. The number of aromatic nitrogens is 1. The number of anilines is 1. The van der Waals surface area contributed by atoms with Gasteiger partial charge in [0.2, 0.25) is 5.89 Å². The van der Waals surface area contributed by atoms with Crippen molar-refractivity contribution in [3.8, 4) is 11.3 Å². The van der Waals surface area contributed by atoms with Gasteiger partial charge >= 0.3 is 5.69 Å². The van der Waals surface area contributed by atoms with Crippen molar-refractivity contribution >= 4 is 21.2 Å². The number of benzene rings is 2. The Labute approximate surface area is 155 Å². The van der Waals surface area contributed by atoms with E-state index in [4.69, 9.17) is 4.42 Å². The molecule has 2 aromatic carbocycles. The second-order valence-electron chi connectivity index (χ2n) is 5.98. The molecular weight excluding hydrogens is 370 g/mol. The molecule has 1 unspecified atom stereocenters. The first-order valence-electron chi connectivity index (χ1n) is 8.02. The van der Waals surface area contributed by atoms with Gasteiger partial charge in [0.25, 0.3) is 0 Å². The van der Waals surface area contributed by atoms with Crippen LogP contribution in [0.2, 0.25) is 0 Å². The minimum Gasteiger partial charge on any atom is -0.438 e. The van der Waals surface area contributed by atoms with Gasteiger partial charge in [-0.1, -0.05) is 36.4 Å². The van der Waals surface area contributed by atoms with E-state index < -0.39 is 26.5 Å². The van der Waals surface area contributed by atoms with Gasteiger partial charge in [0.05, 0.1) is 11.1 Å². The van der Waals surface area contributed by atoms with Crippen molar-refractivity contribution in [2.45, 2.75) is 17.9 Å². The van der Waals surface area contributed by atoms with Gasteiger partial charge < -0.3 is 9.73 Å². The summed E-state index contributed by atoms with van der Waals surface area (Å²) in [5.41, 5.74) is 0.435. The molecule has 3 rings (SSSR count). The summed E-state index contributed by atoms with van der Waals surface area (Å²) in [5.74, 6) is 0.895. The van der Waals surface area contributed by atoms with Crippen LogP contribution >= 0.6 is 0 Å². The molecule has 0 aliphatic carbocycles. The monoisotopic (exact) mass is 387 g/mol. The summed E-state index contributed by atoms with van der Waals surface area (Å²) >= 11 is 0. The van der Waals surface area contributed by atoms with Crippen LogP contribution in [0.25, 0.3) is 11.3 Å². The SMILES string of the molecule is CC(Nc1cccc(S(C)(=O)=O)c1[N+](=O)[O-])c1ncc(-c2ccccc2)o1. The van der Waals surface area contributed by atoms with Crippen molar-refractivity contribution in [1.29, 1.82) is 0 Å². The molecule has 27 heavy (non-hydrogen) atoms. The molecule has 1 heterocycles. The molecule has 0 saturated heterocycles. The van der Waals surface area contributed by atoms with E-state index in [0.29, 0.717) is 11.7 Å². The number of nitro groups is 1. The lowest BCUT2D eigenvalue weighted by atomic mass is 10.2. The number of nitro benzene ring substituents is 1. The van der Waals surface area contributed by atoms with Crippen molar-refractivity contribution < 1.29 is 17.8 Å². The third-order valence-corrected chi connectivity index (χ3v) is 5.03. The minimum absolute atomic E-state index is 0.0786. The van der Waals surface area contributed by atoms with E-state index in [-0.39, 0.29) is 10.6 Å². The molecule has 9 heteroatoms. The van der Waals surface area contributed by atoms with Crippen LogP contribution in [-0.2, 0) is 9.84 Å². The fourth-order valence-electron chi connectivity index (χ4n) is 2.65. The van der Waals surface area contributed by atoms with Gasteiger partial charge in [-0.05, 0) is 19.1 Å². The quantitative estimate of drug-likeness (QED) is 0.505. The number of nitrogens with one attached hydrogen (secondary N) is 1. The Balaban J connectivity index is 1.92. The molecule has 3 aromatic rings. The highest BCUT2D eigenvalue weighted by Crippen LogP contribution is 2.34. The molecule has 1 atom stereocenters. The molecule has 0 spiro atoms. The van der Waals surface area contributed by atoms with E-state index in [2.05, 4.69) is 10.3 Å². The number of hydrogen-bond donors (Lipinski definition) is 1. The third-order valence-electron chi connectivity index (χ3n) is 3.91. The predicted molar refractivity (Wildman–Crippen MR) is 100 cm³/mol. The molecule has 0 amide bonds. The largest absolute Gasteiger partial charge is 0.438 e. The minimum atomic E-state index is -3.75. The summed E-state index contributed by atoms with van der Waals surface area (Å²) < 4.78 is 29.5. The van der Waals surface area contributed by atoms with Crippen molar-refractivity contribution in [2.24, 2.45) is 0 Å². The molecule has 0 saturated carbocycles. The normalized spacial score (nSPS) is 12.5. The van der Waals surface area contributed by atoms with Crippen LogP contribution in [0, 0.1) is 10.1 Å². The Kier molecular flexibility index (Phi) is 4.95. The van der Waals surface area contributed by atoms with Gasteiger partial charge in [0.1, 0.15) is 16.6 Å². The van der Waals surface area contributed by atoms with Gasteiger partial charge in [-0.3, -0.25) is 10.1 Å². The lowest BCUT2D eigenvalue weighted by molar-refractivity contribution is -0.386. The van der Waals surface area contributed by atoms with E-state index in [9.17, 15) is 18.5 Å². The zero-order valence-corrected chi connectivity index (χ0v) is 15.4. The van der Waals surface area contributed by atoms with Crippen LogP contribution in [0.4, 0.5) is 11.4 Å². The lowest BCUT2D eigenvalue weighted by Gasteiger charge is -2.13. The van der Waals surface area contributed by atoms with Crippen molar-refractivity contribution in [3.05, 3.63) is 70.7 Å². The zero-order chi connectivity index (χ0) is 19.6. The molecular formula is C18H17N3O5S. The maximum Gasteiger partial charge on any atom is 0.310 e. The molecule has 8 nitrogen and oxygen atoms in total. The van der Waals surface area contributed by atoms with Crippen LogP contribution < -0.4 is 5.32 Å². The number of nitrogens with zero attached hydrogens (tertiary/aromatic N) is 2. The van der Waals surface area contributed by atoms with E-state index in [1.807, 2.05) is 30.3 Å². The Morgan fingerprint density at radius 3 is 2.48 bits per heavy atom. The molecule has 1 aromatic heterocycles. The van der Waals surface area contributed by atoms with Crippen LogP contribution in [0.5, 0.6) is 0 Å². The Morgan fingerprint density at radius 2 is 1.85 bits per heavy atom. The average molecular weight is 387 g/mol. The smallest absolute Gasteiger partial charge is 0.310 e. The van der Waals surface area contributed by atoms with E-state index in [1.165, 1.54) is 18.2 Å². The number of sulfone groups is 1. The van der Waals surface area contributed by atoms with Gasteiger partial charge in [0, 0.05) is 11.8 Å². The molecule has 0 radical (unpaired) electrons. The van der Waals surface area contributed by atoms with E-state index >= 15 is 0 Å². The number of para-hydroxylation sites is 1. The molecule has 1 N–H and O–H groups in total. The Hall–Kier alpha value is -3.20. The number of oxazole rings is 1. The van der Waals surface area contributed by atoms with Gasteiger partial charge in [-0.25, -0.2) is 13.4 Å². The van der Waals surface area contributed by atoms with Crippen molar-refractivity contribution in [1.82, 2.24) is 4.98 Å². The predicted octanol–water partition coefficient (Wildman–Crippen LogP) is 3.83. The van der Waals surface area contributed by atoms with Crippen LogP contribution in [0.1, 0.15) is 18.9 Å². The molecule has 140 valence electrons. The number of hydrogen-bond acceptors (Lipinski definition) is 7. The maximum absolute atomic E-state index is 11.9. The molecule has 0 aliphatic rings. The third kappa shape index (κ3) is 3.98. The summed E-state index contributed by atoms with van der Waals surface area (Å²) in [6, 6.07) is 13.0. The second kappa shape index (κ2) is 7.20. The highest BCUT2D eigenvalue weighted by molar-refractivity contribution is 7.90. The average Bonchev–Trinajstić information content (AvgIpc) is 3.11.